The minimum absolute atomic E-state index is 0.104. The summed E-state index contributed by atoms with van der Waals surface area (Å²) in [4.78, 5) is 14.4. The van der Waals surface area contributed by atoms with Crippen LogP contribution < -0.4 is 10.0 Å². The normalized spacial score (nSPS) is 13.3. The summed E-state index contributed by atoms with van der Waals surface area (Å²) in [5, 5.41) is 2.96. The number of benzene rings is 3. The Labute approximate surface area is 202 Å². The molecule has 0 saturated carbocycles. The smallest absolute Gasteiger partial charge is 0.241 e. The lowest BCUT2D eigenvalue weighted by molar-refractivity contribution is -0.123. The maximum absolute atomic E-state index is 13.2. The molecule has 32 heavy (non-hydrogen) atoms. The zero-order valence-electron chi connectivity index (χ0n) is 17.8. The highest BCUT2D eigenvalue weighted by Gasteiger charge is 2.27. The van der Waals surface area contributed by atoms with E-state index in [1.54, 1.807) is 23.9 Å². The van der Waals surface area contributed by atoms with Gasteiger partial charge in [0, 0.05) is 9.37 Å². The predicted molar refractivity (Wildman–Crippen MR) is 133 cm³/mol. The predicted octanol–water partition coefficient (Wildman–Crippen LogP) is 4.94. The first kappa shape index (κ1) is 24.5. The van der Waals surface area contributed by atoms with E-state index in [1.165, 1.54) is 12.1 Å². The molecule has 0 aliphatic carbocycles. The van der Waals surface area contributed by atoms with Crippen LogP contribution >= 0.6 is 27.7 Å². The molecule has 5 nitrogen and oxygen atoms in total. The average Bonchev–Trinajstić information content (AvgIpc) is 2.79. The molecule has 0 heterocycles. The van der Waals surface area contributed by atoms with Gasteiger partial charge in [0.25, 0.3) is 0 Å². The molecule has 0 spiro atoms. The number of amides is 1. The Hall–Kier alpha value is -2.13. The number of thioether (sulfide) groups is 1. The van der Waals surface area contributed by atoms with E-state index < -0.39 is 16.1 Å². The van der Waals surface area contributed by atoms with E-state index >= 15 is 0 Å². The molecule has 0 fully saturated rings. The number of carbonyl (C=O) groups is 1. The highest BCUT2D eigenvalue weighted by molar-refractivity contribution is 9.10. The van der Waals surface area contributed by atoms with Gasteiger partial charge in [-0.15, -0.1) is 11.8 Å². The Morgan fingerprint density at radius 2 is 1.59 bits per heavy atom. The van der Waals surface area contributed by atoms with E-state index in [1.807, 2.05) is 67.8 Å². The third kappa shape index (κ3) is 6.68. The maximum atomic E-state index is 13.2. The lowest BCUT2D eigenvalue weighted by Crippen LogP contribution is -2.48. The van der Waals surface area contributed by atoms with E-state index in [0.717, 1.165) is 20.5 Å². The molecule has 3 rings (SSSR count). The summed E-state index contributed by atoms with van der Waals surface area (Å²) >= 11 is 4.96. The molecule has 8 heteroatoms. The molecular weight excluding hydrogens is 508 g/mol. The fraction of sp³-hybridized carbons (Fsp3) is 0.208. The number of halogens is 1. The second-order valence-corrected chi connectivity index (χ2v) is 10.8. The van der Waals surface area contributed by atoms with Crippen molar-refractivity contribution >= 4 is 43.6 Å². The van der Waals surface area contributed by atoms with E-state index in [2.05, 4.69) is 26.0 Å². The van der Waals surface area contributed by atoms with Gasteiger partial charge in [0.15, 0.2) is 0 Å². The number of hydrogen-bond donors (Lipinski definition) is 2. The highest BCUT2D eigenvalue weighted by Crippen LogP contribution is 2.20. The van der Waals surface area contributed by atoms with Crippen molar-refractivity contribution in [3.8, 4) is 0 Å². The molecule has 2 atom stereocenters. The molecule has 0 radical (unpaired) electrons. The number of rotatable bonds is 9. The molecule has 168 valence electrons. The Balaban J connectivity index is 1.81. The fourth-order valence-corrected chi connectivity index (χ4v) is 5.06. The Bertz CT molecular complexity index is 1140. The second-order valence-electron chi connectivity index (χ2n) is 7.32. The summed E-state index contributed by atoms with van der Waals surface area (Å²) in [7, 11) is -3.89. The lowest BCUT2D eigenvalue weighted by Gasteiger charge is -2.22. The van der Waals surface area contributed by atoms with Crippen molar-refractivity contribution in [1.29, 1.82) is 0 Å². The van der Waals surface area contributed by atoms with E-state index in [4.69, 9.17) is 0 Å². The van der Waals surface area contributed by atoms with Gasteiger partial charge in [0.05, 0.1) is 10.9 Å². The number of carbonyl (C=O) groups excluding carboxylic acids is 1. The van der Waals surface area contributed by atoms with E-state index in [-0.39, 0.29) is 23.3 Å². The van der Waals surface area contributed by atoms with Crippen molar-refractivity contribution in [3.05, 3.63) is 94.5 Å². The first-order valence-electron chi connectivity index (χ1n) is 10.0. The van der Waals surface area contributed by atoms with Crippen LogP contribution in [0.2, 0.25) is 0 Å². The molecule has 0 aliphatic heterocycles. The molecule has 3 aromatic carbocycles. The maximum Gasteiger partial charge on any atom is 0.241 e. The zero-order valence-corrected chi connectivity index (χ0v) is 21.0. The van der Waals surface area contributed by atoms with Crippen LogP contribution in [0.1, 0.15) is 24.1 Å². The van der Waals surface area contributed by atoms with Gasteiger partial charge in [-0.25, -0.2) is 8.42 Å². The molecule has 0 aromatic heterocycles. The zero-order chi connectivity index (χ0) is 23.1. The van der Waals surface area contributed by atoms with Gasteiger partial charge in [-0.3, -0.25) is 4.79 Å². The van der Waals surface area contributed by atoms with Gasteiger partial charge in [-0.05, 0) is 67.1 Å². The molecule has 0 saturated heterocycles. The first-order chi connectivity index (χ1) is 15.3. The molecule has 2 N–H and O–H groups in total. The number of nitrogens with one attached hydrogen (secondary N) is 2. The van der Waals surface area contributed by atoms with Crippen molar-refractivity contribution in [3.63, 3.8) is 0 Å². The highest BCUT2D eigenvalue weighted by atomic mass is 79.9. The van der Waals surface area contributed by atoms with Gasteiger partial charge in [0.2, 0.25) is 15.9 Å². The minimum atomic E-state index is -3.89. The quantitative estimate of drug-likeness (QED) is 0.383. The summed E-state index contributed by atoms with van der Waals surface area (Å²) in [6, 6.07) is 22.4. The van der Waals surface area contributed by atoms with Gasteiger partial charge in [-0.2, -0.15) is 4.72 Å². The van der Waals surface area contributed by atoms with Crippen LogP contribution in [0, 0.1) is 0 Å². The topological polar surface area (TPSA) is 75.3 Å². The summed E-state index contributed by atoms with van der Waals surface area (Å²) in [6.45, 7) is 1.88. The lowest BCUT2D eigenvalue weighted by atomic mass is 10.0. The van der Waals surface area contributed by atoms with E-state index in [9.17, 15) is 13.2 Å². The summed E-state index contributed by atoms with van der Waals surface area (Å²) in [5.74, 6) is -0.379. The number of hydrogen-bond acceptors (Lipinski definition) is 4. The molecule has 0 aliphatic rings. The van der Waals surface area contributed by atoms with E-state index in [0.29, 0.717) is 0 Å². The van der Waals surface area contributed by atoms with Gasteiger partial charge in [-0.1, -0.05) is 58.4 Å². The van der Waals surface area contributed by atoms with Gasteiger partial charge in [0.1, 0.15) is 6.04 Å². The van der Waals surface area contributed by atoms with Crippen LogP contribution in [0.5, 0.6) is 0 Å². The van der Waals surface area contributed by atoms with Crippen LogP contribution in [-0.2, 0) is 21.2 Å². The standard InChI is InChI=1S/C24H25BrN2O3S2/c1-17(19-8-12-21(31-2)13-9-19)26-24(28)23(16-18-6-4-3-5-7-18)27-32(29,30)22-14-10-20(25)11-15-22/h3-15,17,23,27H,16H2,1-2H3,(H,26,28)/t17-,23-/m1/s1. The second kappa shape index (κ2) is 11.1. The fourth-order valence-electron chi connectivity index (χ4n) is 3.20. The Morgan fingerprint density at radius 3 is 2.19 bits per heavy atom. The van der Waals surface area contributed by atoms with Gasteiger partial charge >= 0.3 is 0 Å². The average molecular weight is 534 g/mol. The van der Waals surface area contributed by atoms with Crippen molar-refractivity contribution in [2.75, 3.05) is 6.26 Å². The SMILES string of the molecule is CSc1ccc([C@@H](C)NC(=O)[C@@H](Cc2ccccc2)NS(=O)(=O)c2ccc(Br)cc2)cc1. The summed E-state index contributed by atoms with van der Waals surface area (Å²) < 4.78 is 29.3. The van der Waals surface area contributed by atoms with Crippen LogP contribution in [0.25, 0.3) is 0 Å². The van der Waals surface area contributed by atoms with Crippen LogP contribution in [-0.4, -0.2) is 26.6 Å². The molecule has 3 aromatic rings. The molecule has 0 bridgehead atoms. The molecule has 0 unspecified atom stereocenters. The third-order valence-electron chi connectivity index (χ3n) is 5.00. The Morgan fingerprint density at radius 1 is 0.969 bits per heavy atom. The molecule has 1 amide bonds. The van der Waals surface area contributed by atoms with Crippen LogP contribution in [0.15, 0.2) is 93.1 Å². The monoisotopic (exact) mass is 532 g/mol. The Kier molecular flexibility index (Phi) is 8.53. The van der Waals surface area contributed by atoms with Crippen molar-refractivity contribution in [1.82, 2.24) is 10.0 Å². The number of sulfonamides is 1. The molecular formula is C24H25BrN2O3S2. The minimum Gasteiger partial charge on any atom is -0.348 e. The van der Waals surface area contributed by atoms with Crippen molar-refractivity contribution in [2.45, 2.75) is 35.2 Å². The van der Waals surface area contributed by atoms with Crippen LogP contribution in [0.4, 0.5) is 0 Å². The largest absolute Gasteiger partial charge is 0.348 e. The third-order valence-corrected chi connectivity index (χ3v) is 7.75. The summed E-state index contributed by atoms with van der Waals surface area (Å²) in [6.07, 6.45) is 2.24. The first-order valence-corrected chi connectivity index (χ1v) is 13.5. The van der Waals surface area contributed by atoms with Gasteiger partial charge < -0.3 is 5.32 Å². The van der Waals surface area contributed by atoms with Crippen molar-refractivity contribution < 1.29 is 13.2 Å². The van der Waals surface area contributed by atoms with Crippen molar-refractivity contribution in [2.24, 2.45) is 0 Å². The van der Waals surface area contributed by atoms with Crippen LogP contribution in [0.3, 0.4) is 0 Å². The summed E-state index contributed by atoms with van der Waals surface area (Å²) in [5.41, 5.74) is 1.81.